The molecule has 1 aromatic rings. The standard InChI is InChI=1S/C15H25NO/c1-5-15(3,4)12-6-7-14(17)13(10-12)11(2)8-9-16/h6-7,10-11,17H,5,8-9,16H2,1-4H3. The summed E-state index contributed by atoms with van der Waals surface area (Å²) in [5, 5.41) is 9.93. The lowest BCUT2D eigenvalue weighted by Gasteiger charge is -2.25. The molecule has 0 bridgehead atoms. The van der Waals surface area contributed by atoms with E-state index in [1.807, 2.05) is 12.1 Å². The van der Waals surface area contributed by atoms with Gasteiger partial charge in [-0.2, -0.15) is 0 Å². The first kappa shape index (κ1) is 14.0. The van der Waals surface area contributed by atoms with Crippen LogP contribution in [0.25, 0.3) is 0 Å². The minimum Gasteiger partial charge on any atom is -0.508 e. The molecule has 1 unspecified atom stereocenters. The Balaban J connectivity index is 3.10. The van der Waals surface area contributed by atoms with Crippen molar-refractivity contribution in [2.75, 3.05) is 6.54 Å². The maximum atomic E-state index is 9.93. The second-order valence-corrected chi connectivity index (χ2v) is 5.49. The van der Waals surface area contributed by atoms with Crippen molar-refractivity contribution in [1.29, 1.82) is 0 Å². The number of benzene rings is 1. The summed E-state index contributed by atoms with van der Waals surface area (Å²) in [6.07, 6.45) is 1.99. The normalized spacial score (nSPS) is 13.7. The number of hydrogen-bond donors (Lipinski definition) is 2. The monoisotopic (exact) mass is 235 g/mol. The number of aromatic hydroxyl groups is 1. The first-order valence-electron chi connectivity index (χ1n) is 6.45. The van der Waals surface area contributed by atoms with Gasteiger partial charge in [-0.3, -0.25) is 0 Å². The molecule has 2 heteroatoms. The molecule has 0 heterocycles. The number of hydrogen-bond acceptors (Lipinski definition) is 2. The zero-order valence-corrected chi connectivity index (χ0v) is 11.5. The molecule has 3 N–H and O–H groups in total. The lowest BCUT2D eigenvalue weighted by atomic mass is 9.80. The molecule has 0 amide bonds. The van der Waals surface area contributed by atoms with Gasteiger partial charge in [-0.15, -0.1) is 0 Å². The van der Waals surface area contributed by atoms with Crippen LogP contribution in [0, 0.1) is 0 Å². The van der Waals surface area contributed by atoms with Gasteiger partial charge in [0, 0.05) is 0 Å². The Bertz CT molecular complexity index is 371. The Morgan fingerprint density at radius 2 is 2.00 bits per heavy atom. The van der Waals surface area contributed by atoms with Crippen LogP contribution in [-0.4, -0.2) is 11.7 Å². The Labute approximate surface area is 105 Å². The lowest BCUT2D eigenvalue weighted by Crippen LogP contribution is -2.16. The lowest BCUT2D eigenvalue weighted by molar-refractivity contribution is 0.456. The largest absolute Gasteiger partial charge is 0.508 e. The molecule has 0 aromatic heterocycles. The molecule has 17 heavy (non-hydrogen) atoms. The van der Waals surface area contributed by atoms with Crippen LogP contribution in [0.15, 0.2) is 18.2 Å². The molecule has 1 rings (SSSR count). The van der Waals surface area contributed by atoms with Gasteiger partial charge in [-0.05, 0) is 47.9 Å². The zero-order chi connectivity index (χ0) is 13.1. The third kappa shape index (κ3) is 3.22. The van der Waals surface area contributed by atoms with Crippen molar-refractivity contribution < 1.29 is 5.11 Å². The summed E-state index contributed by atoms with van der Waals surface area (Å²) in [6.45, 7) is 9.43. The van der Waals surface area contributed by atoms with Gasteiger partial charge < -0.3 is 10.8 Å². The highest BCUT2D eigenvalue weighted by atomic mass is 16.3. The van der Waals surface area contributed by atoms with Gasteiger partial charge in [0.25, 0.3) is 0 Å². The zero-order valence-electron chi connectivity index (χ0n) is 11.5. The van der Waals surface area contributed by atoms with E-state index in [1.54, 1.807) is 0 Å². The average molecular weight is 235 g/mol. The second-order valence-electron chi connectivity index (χ2n) is 5.49. The van der Waals surface area contributed by atoms with Crippen LogP contribution in [0.3, 0.4) is 0 Å². The van der Waals surface area contributed by atoms with Crippen molar-refractivity contribution in [3.8, 4) is 5.75 Å². The van der Waals surface area contributed by atoms with E-state index in [4.69, 9.17) is 5.73 Å². The molecule has 1 aromatic carbocycles. The van der Waals surface area contributed by atoms with Crippen LogP contribution in [-0.2, 0) is 5.41 Å². The molecule has 96 valence electrons. The highest BCUT2D eigenvalue weighted by Crippen LogP contribution is 2.34. The summed E-state index contributed by atoms with van der Waals surface area (Å²) in [7, 11) is 0. The van der Waals surface area contributed by atoms with Crippen molar-refractivity contribution in [3.63, 3.8) is 0 Å². The quantitative estimate of drug-likeness (QED) is 0.820. The Hall–Kier alpha value is -1.02. The fourth-order valence-electron chi connectivity index (χ4n) is 1.98. The first-order valence-corrected chi connectivity index (χ1v) is 6.45. The summed E-state index contributed by atoms with van der Waals surface area (Å²) in [5.74, 6) is 0.703. The molecule has 0 radical (unpaired) electrons. The maximum absolute atomic E-state index is 9.93. The predicted molar refractivity (Wildman–Crippen MR) is 73.5 cm³/mol. The number of phenolic OH excluding ortho intramolecular Hbond substituents is 1. The van der Waals surface area contributed by atoms with Crippen LogP contribution < -0.4 is 5.73 Å². The van der Waals surface area contributed by atoms with Crippen molar-refractivity contribution >= 4 is 0 Å². The Morgan fingerprint density at radius 3 is 2.53 bits per heavy atom. The number of rotatable bonds is 5. The van der Waals surface area contributed by atoms with Gasteiger partial charge in [0.1, 0.15) is 5.75 Å². The summed E-state index contributed by atoms with van der Waals surface area (Å²) in [4.78, 5) is 0. The van der Waals surface area contributed by atoms with Gasteiger partial charge in [0.15, 0.2) is 0 Å². The fraction of sp³-hybridized carbons (Fsp3) is 0.600. The second kappa shape index (κ2) is 5.54. The molecule has 0 aliphatic rings. The minimum absolute atomic E-state index is 0.158. The fourth-order valence-corrected chi connectivity index (χ4v) is 1.98. The van der Waals surface area contributed by atoms with E-state index in [0.717, 1.165) is 18.4 Å². The Morgan fingerprint density at radius 1 is 1.35 bits per heavy atom. The molecule has 2 nitrogen and oxygen atoms in total. The van der Waals surface area contributed by atoms with E-state index in [2.05, 4.69) is 33.8 Å². The maximum Gasteiger partial charge on any atom is 0.119 e. The van der Waals surface area contributed by atoms with E-state index in [1.165, 1.54) is 5.56 Å². The molecule has 0 saturated carbocycles. The summed E-state index contributed by atoms with van der Waals surface area (Å²) < 4.78 is 0. The van der Waals surface area contributed by atoms with E-state index in [0.29, 0.717) is 18.2 Å². The van der Waals surface area contributed by atoms with Crippen molar-refractivity contribution in [3.05, 3.63) is 29.3 Å². The number of nitrogens with two attached hydrogens (primary N) is 1. The molecule has 0 saturated heterocycles. The van der Waals surface area contributed by atoms with E-state index < -0.39 is 0 Å². The smallest absolute Gasteiger partial charge is 0.119 e. The third-order valence-electron chi connectivity index (χ3n) is 3.82. The topological polar surface area (TPSA) is 46.2 Å². The van der Waals surface area contributed by atoms with Gasteiger partial charge in [0.05, 0.1) is 0 Å². The van der Waals surface area contributed by atoms with E-state index in [-0.39, 0.29) is 5.41 Å². The summed E-state index contributed by atoms with van der Waals surface area (Å²) >= 11 is 0. The first-order chi connectivity index (χ1) is 7.92. The van der Waals surface area contributed by atoms with Crippen molar-refractivity contribution in [2.24, 2.45) is 5.73 Å². The average Bonchev–Trinajstić information content (AvgIpc) is 2.29. The van der Waals surface area contributed by atoms with Crippen LogP contribution in [0.4, 0.5) is 0 Å². The van der Waals surface area contributed by atoms with Crippen LogP contribution in [0.2, 0.25) is 0 Å². The minimum atomic E-state index is 0.158. The molecule has 0 aliphatic carbocycles. The number of phenols is 1. The van der Waals surface area contributed by atoms with Gasteiger partial charge in [-0.25, -0.2) is 0 Å². The highest BCUT2D eigenvalue weighted by Gasteiger charge is 2.20. The van der Waals surface area contributed by atoms with Crippen molar-refractivity contribution in [1.82, 2.24) is 0 Å². The summed E-state index contributed by atoms with van der Waals surface area (Å²) in [6, 6.07) is 5.98. The van der Waals surface area contributed by atoms with Crippen molar-refractivity contribution in [2.45, 2.75) is 51.9 Å². The predicted octanol–water partition coefficient (Wildman–Crippen LogP) is 3.53. The SMILES string of the molecule is CCC(C)(C)c1ccc(O)c(C(C)CCN)c1. The molecule has 1 atom stereocenters. The molecule has 0 fully saturated rings. The molecular formula is C15H25NO. The van der Waals surface area contributed by atoms with Crippen LogP contribution >= 0.6 is 0 Å². The third-order valence-corrected chi connectivity index (χ3v) is 3.82. The van der Waals surface area contributed by atoms with E-state index in [9.17, 15) is 5.11 Å². The van der Waals surface area contributed by atoms with Gasteiger partial charge in [0.2, 0.25) is 0 Å². The van der Waals surface area contributed by atoms with Crippen LogP contribution in [0.1, 0.15) is 57.6 Å². The molecule has 0 aliphatic heterocycles. The van der Waals surface area contributed by atoms with Crippen LogP contribution in [0.5, 0.6) is 5.75 Å². The molecule has 0 spiro atoms. The molecular weight excluding hydrogens is 210 g/mol. The van der Waals surface area contributed by atoms with E-state index >= 15 is 0 Å². The van der Waals surface area contributed by atoms with Gasteiger partial charge in [-0.1, -0.05) is 39.8 Å². The summed E-state index contributed by atoms with van der Waals surface area (Å²) in [5.41, 5.74) is 8.05. The highest BCUT2D eigenvalue weighted by molar-refractivity contribution is 5.40. The Kier molecular flexibility index (Phi) is 4.58. The van der Waals surface area contributed by atoms with Gasteiger partial charge >= 0.3 is 0 Å².